The first kappa shape index (κ1) is 19.7. The van der Waals surface area contributed by atoms with Crippen molar-refractivity contribution in [2.45, 2.75) is 39.9 Å². The molecule has 0 aromatic heterocycles. The van der Waals surface area contributed by atoms with Gasteiger partial charge in [0.15, 0.2) is 5.11 Å². The fourth-order valence-corrected chi connectivity index (χ4v) is 2.45. The summed E-state index contributed by atoms with van der Waals surface area (Å²) in [6, 6.07) is 14.4. The Morgan fingerprint density at radius 2 is 1.50 bits per heavy atom. The van der Waals surface area contributed by atoms with Crippen molar-refractivity contribution in [3.05, 3.63) is 54.1 Å². The van der Waals surface area contributed by atoms with Crippen LogP contribution in [0.2, 0.25) is 0 Å². The SMILES string of the molecule is CC(C)Oc1cccc(NC(=S)NC(=O)c2cccc(OC(C)C)c2)c1. The molecule has 0 bridgehead atoms. The Kier molecular flexibility index (Phi) is 6.97. The van der Waals surface area contributed by atoms with Crippen LogP contribution in [0.3, 0.4) is 0 Å². The Balaban J connectivity index is 1.98. The van der Waals surface area contributed by atoms with Crippen LogP contribution in [0.1, 0.15) is 38.1 Å². The maximum Gasteiger partial charge on any atom is 0.257 e. The van der Waals surface area contributed by atoms with Crippen LogP contribution in [0.4, 0.5) is 5.69 Å². The van der Waals surface area contributed by atoms with Crippen LogP contribution in [-0.2, 0) is 0 Å². The van der Waals surface area contributed by atoms with Gasteiger partial charge in [0, 0.05) is 17.3 Å². The van der Waals surface area contributed by atoms with E-state index in [2.05, 4.69) is 10.6 Å². The molecule has 0 saturated carbocycles. The largest absolute Gasteiger partial charge is 0.491 e. The molecule has 0 spiro atoms. The van der Waals surface area contributed by atoms with Gasteiger partial charge in [-0.15, -0.1) is 0 Å². The number of carbonyl (C=O) groups excluding carboxylic acids is 1. The molecule has 1 amide bonds. The molecule has 6 heteroatoms. The molecule has 0 unspecified atom stereocenters. The van der Waals surface area contributed by atoms with E-state index in [1.54, 1.807) is 18.2 Å². The number of anilines is 1. The smallest absolute Gasteiger partial charge is 0.257 e. The molecule has 2 rings (SSSR count). The molecule has 138 valence electrons. The fraction of sp³-hybridized carbons (Fsp3) is 0.300. The summed E-state index contributed by atoms with van der Waals surface area (Å²) >= 11 is 5.23. The third-order valence-corrected chi connectivity index (χ3v) is 3.36. The summed E-state index contributed by atoms with van der Waals surface area (Å²) in [4.78, 5) is 12.4. The first-order valence-electron chi connectivity index (χ1n) is 8.49. The Morgan fingerprint density at radius 1 is 0.923 bits per heavy atom. The molecule has 0 aliphatic heterocycles. The topological polar surface area (TPSA) is 59.6 Å². The maximum atomic E-state index is 12.4. The van der Waals surface area contributed by atoms with Gasteiger partial charge in [-0.1, -0.05) is 12.1 Å². The minimum absolute atomic E-state index is 0.0383. The second-order valence-electron chi connectivity index (χ2n) is 6.30. The van der Waals surface area contributed by atoms with Crippen molar-refractivity contribution in [2.24, 2.45) is 0 Å². The van der Waals surface area contributed by atoms with E-state index >= 15 is 0 Å². The number of thiocarbonyl (C=S) groups is 1. The van der Waals surface area contributed by atoms with E-state index in [9.17, 15) is 4.79 Å². The molecule has 0 aliphatic rings. The normalized spacial score (nSPS) is 10.5. The Hall–Kier alpha value is -2.60. The molecule has 0 heterocycles. The van der Waals surface area contributed by atoms with Gasteiger partial charge in [-0.3, -0.25) is 10.1 Å². The van der Waals surface area contributed by atoms with Crippen LogP contribution in [0.5, 0.6) is 11.5 Å². The van der Waals surface area contributed by atoms with Crippen LogP contribution in [-0.4, -0.2) is 23.2 Å². The zero-order valence-electron chi connectivity index (χ0n) is 15.4. The first-order valence-corrected chi connectivity index (χ1v) is 8.90. The summed E-state index contributed by atoms with van der Waals surface area (Å²) in [5, 5.41) is 5.88. The minimum atomic E-state index is -0.300. The lowest BCUT2D eigenvalue weighted by atomic mass is 10.2. The summed E-state index contributed by atoms with van der Waals surface area (Å²) in [6.07, 6.45) is 0.119. The Labute approximate surface area is 159 Å². The molecular weight excluding hydrogens is 348 g/mol. The molecule has 0 atom stereocenters. The molecule has 0 fully saturated rings. The summed E-state index contributed by atoms with van der Waals surface area (Å²) in [5.74, 6) is 1.08. The monoisotopic (exact) mass is 372 g/mol. The molecule has 2 aromatic carbocycles. The van der Waals surface area contributed by atoms with Gasteiger partial charge in [0.1, 0.15) is 11.5 Å². The van der Waals surface area contributed by atoms with E-state index in [0.717, 1.165) is 11.4 Å². The molecule has 2 N–H and O–H groups in total. The lowest BCUT2D eigenvalue weighted by molar-refractivity contribution is 0.0977. The highest BCUT2D eigenvalue weighted by molar-refractivity contribution is 7.80. The van der Waals surface area contributed by atoms with Crippen LogP contribution in [0.25, 0.3) is 0 Å². The van der Waals surface area contributed by atoms with Crippen LogP contribution < -0.4 is 20.1 Å². The number of hydrogen-bond acceptors (Lipinski definition) is 4. The van der Waals surface area contributed by atoms with Gasteiger partial charge >= 0.3 is 0 Å². The Morgan fingerprint density at radius 3 is 2.12 bits per heavy atom. The lowest BCUT2D eigenvalue weighted by Crippen LogP contribution is -2.34. The Bertz CT molecular complexity index is 775. The number of rotatable bonds is 6. The van der Waals surface area contributed by atoms with Crippen molar-refractivity contribution in [3.63, 3.8) is 0 Å². The number of amides is 1. The van der Waals surface area contributed by atoms with Gasteiger partial charge in [0.05, 0.1) is 12.2 Å². The van der Waals surface area contributed by atoms with Gasteiger partial charge in [-0.2, -0.15) is 0 Å². The van der Waals surface area contributed by atoms with E-state index in [1.165, 1.54) is 0 Å². The second kappa shape index (κ2) is 9.20. The van der Waals surface area contributed by atoms with E-state index in [0.29, 0.717) is 11.3 Å². The zero-order valence-corrected chi connectivity index (χ0v) is 16.2. The second-order valence-corrected chi connectivity index (χ2v) is 6.71. The van der Waals surface area contributed by atoms with Crippen molar-refractivity contribution in [1.29, 1.82) is 0 Å². The molecule has 0 aliphatic carbocycles. The van der Waals surface area contributed by atoms with Crippen molar-refractivity contribution in [1.82, 2.24) is 5.32 Å². The predicted molar refractivity (Wildman–Crippen MR) is 108 cm³/mol. The van der Waals surface area contributed by atoms with Crippen molar-refractivity contribution >= 4 is 28.9 Å². The number of carbonyl (C=O) groups is 1. The van der Waals surface area contributed by atoms with Gasteiger partial charge in [-0.25, -0.2) is 0 Å². The van der Waals surface area contributed by atoms with Crippen LogP contribution in [0.15, 0.2) is 48.5 Å². The molecule has 5 nitrogen and oxygen atoms in total. The summed E-state index contributed by atoms with van der Waals surface area (Å²) in [6.45, 7) is 7.79. The highest BCUT2D eigenvalue weighted by Crippen LogP contribution is 2.19. The summed E-state index contributed by atoms with van der Waals surface area (Å²) in [5.41, 5.74) is 1.22. The third-order valence-electron chi connectivity index (χ3n) is 3.16. The number of benzene rings is 2. The fourth-order valence-electron chi connectivity index (χ4n) is 2.24. The van der Waals surface area contributed by atoms with E-state index in [1.807, 2.05) is 58.0 Å². The highest BCUT2D eigenvalue weighted by Gasteiger charge is 2.10. The predicted octanol–water partition coefficient (Wildman–Crippen LogP) is 4.39. The summed E-state index contributed by atoms with van der Waals surface area (Å²) < 4.78 is 11.3. The van der Waals surface area contributed by atoms with E-state index in [4.69, 9.17) is 21.7 Å². The maximum absolute atomic E-state index is 12.4. The standard InChI is InChI=1S/C20H24N2O3S/c1-13(2)24-17-9-5-7-15(11-17)19(23)22-20(26)21-16-8-6-10-18(12-16)25-14(3)4/h5-14H,1-4H3,(H2,21,22,23,26). The van der Waals surface area contributed by atoms with E-state index < -0.39 is 0 Å². The summed E-state index contributed by atoms with van der Waals surface area (Å²) in [7, 11) is 0. The van der Waals surface area contributed by atoms with Crippen molar-refractivity contribution in [2.75, 3.05) is 5.32 Å². The van der Waals surface area contributed by atoms with E-state index in [-0.39, 0.29) is 23.2 Å². The molecule has 26 heavy (non-hydrogen) atoms. The quantitative estimate of drug-likeness (QED) is 0.737. The van der Waals surface area contributed by atoms with Gasteiger partial charge in [-0.05, 0) is 70.2 Å². The van der Waals surface area contributed by atoms with Gasteiger partial charge in [0.2, 0.25) is 0 Å². The number of hydrogen-bond donors (Lipinski definition) is 2. The lowest BCUT2D eigenvalue weighted by Gasteiger charge is -2.13. The van der Waals surface area contributed by atoms with Gasteiger partial charge < -0.3 is 14.8 Å². The van der Waals surface area contributed by atoms with Crippen molar-refractivity contribution < 1.29 is 14.3 Å². The molecule has 0 radical (unpaired) electrons. The molecule has 2 aromatic rings. The molecule has 0 saturated heterocycles. The van der Waals surface area contributed by atoms with Crippen molar-refractivity contribution in [3.8, 4) is 11.5 Å². The number of ether oxygens (including phenoxy) is 2. The first-order chi connectivity index (χ1) is 12.3. The highest BCUT2D eigenvalue weighted by atomic mass is 32.1. The van der Waals surface area contributed by atoms with Crippen LogP contribution >= 0.6 is 12.2 Å². The molecular formula is C20H24N2O3S. The van der Waals surface area contributed by atoms with Gasteiger partial charge in [0.25, 0.3) is 5.91 Å². The third kappa shape index (κ3) is 6.37. The average molecular weight is 372 g/mol. The zero-order chi connectivity index (χ0) is 19.1. The average Bonchev–Trinajstić information content (AvgIpc) is 2.54. The number of nitrogens with one attached hydrogen (secondary N) is 2. The minimum Gasteiger partial charge on any atom is -0.491 e. The van der Waals surface area contributed by atoms with Crippen LogP contribution in [0, 0.1) is 0 Å².